The number of benzene rings is 2. The Balaban J connectivity index is 2.09. The monoisotopic (exact) mass is 495 g/mol. The maximum absolute atomic E-state index is 12.2. The summed E-state index contributed by atoms with van der Waals surface area (Å²) in [6.45, 7) is 0. The zero-order valence-corrected chi connectivity index (χ0v) is 16.2. The minimum atomic E-state index is -0.561. The van der Waals surface area contributed by atoms with E-state index >= 15 is 0 Å². The smallest absolute Gasteiger partial charge is 0.271 e. The number of nitro benzene ring substituents is 1. The number of rotatable bonds is 3. The van der Waals surface area contributed by atoms with Crippen LogP contribution >= 0.6 is 58.0 Å². The highest BCUT2D eigenvalue weighted by Gasteiger charge is 2.14. The first-order valence-electron chi connectivity index (χ1n) is 6.29. The van der Waals surface area contributed by atoms with Crippen molar-refractivity contribution >= 4 is 80.4 Å². The Morgan fingerprint density at radius 3 is 2.50 bits per heavy atom. The van der Waals surface area contributed by atoms with Crippen molar-refractivity contribution in [2.24, 2.45) is 0 Å². The molecule has 0 saturated carbocycles. The number of carbonyl (C=O) groups is 1. The Morgan fingerprint density at radius 2 is 1.88 bits per heavy atom. The van der Waals surface area contributed by atoms with Gasteiger partial charge in [-0.3, -0.25) is 20.2 Å². The standard InChI is InChI=1S/C14H8Cl2IN3O3S/c15-10-3-1-7(17)5-9(10)13(21)19-14(24)18-12-4-2-8(20(22)23)6-11(12)16/h1-6H,(H2,18,19,21,24). The van der Waals surface area contributed by atoms with Gasteiger partial charge in [0.05, 0.1) is 26.2 Å². The van der Waals surface area contributed by atoms with Crippen LogP contribution in [0.4, 0.5) is 11.4 Å². The molecule has 0 heterocycles. The molecule has 0 bridgehead atoms. The van der Waals surface area contributed by atoms with E-state index < -0.39 is 10.8 Å². The molecule has 2 N–H and O–H groups in total. The van der Waals surface area contributed by atoms with E-state index in [2.05, 4.69) is 33.2 Å². The number of halogens is 3. The molecule has 24 heavy (non-hydrogen) atoms. The van der Waals surface area contributed by atoms with Gasteiger partial charge in [0.15, 0.2) is 5.11 Å². The van der Waals surface area contributed by atoms with Crippen LogP contribution in [-0.4, -0.2) is 15.9 Å². The summed E-state index contributed by atoms with van der Waals surface area (Å²) in [5, 5.41) is 16.3. The number of nitro groups is 1. The van der Waals surface area contributed by atoms with E-state index in [0.29, 0.717) is 10.7 Å². The van der Waals surface area contributed by atoms with Crippen molar-refractivity contribution in [2.45, 2.75) is 0 Å². The van der Waals surface area contributed by atoms with Crippen molar-refractivity contribution in [1.82, 2.24) is 5.32 Å². The Morgan fingerprint density at radius 1 is 1.17 bits per heavy atom. The van der Waals surface area contributed by atoms with Gasteiger partial charge in [0.1, 0.15) is 0 Å². The molecule has 10 heteroatoms. The molecule has 1 amide bonds. The number of non-ortho nitro benzene ring substituents is 1. The van der Waals surface area contributed by atoms with Gasteiger partial charge in [0, 0.05) is 15.7 Å². The van der Waals surface area contributed by atoms with Crippen LogP contribution in [0, 0.1) is 13.7 Å². The lowest BCUT2D eigenvalue weighted by Gasteiger charge is -2.11. The number of thiocarbonyl (C=S) groups is 1. The summed E-state index contributed by atoms with van der Waals surface area (Å²) in [6.07, 6.45) is 0. The minimum absolute atomic E-state index is 0.00863. The molecular weight excluding hydrogens is 488 g/mol. The fraction of sp³-hybridized carbons (Fsp3) is 0. The molecule has 2 rings (SSSR count). The quantitative estimate of drug-likeness (QED) is 0.280. The summed E-state index contributed by atoms with van der Waals surface area (Å²) < 4.78 is 0.847. The van der Waals surface area contributed by atoms with E-state index in [1.807, 2.05) is 0 Å². The second-order valence-corrected chi connectivity index (χ2v) is 6.92. The van der Waals surface area contributed by atoms with E-state index in [1.165, 1.54) is 18.2 Å². The van der Waals surface area contributed by atoms with Crippen LogP contribution < -0.4 is 10.6 Å². The van der Waals surface area contributed by atoms with Crippen molar-refractivity contribution in [2.75, 3.05) is 5.32 Å². The molecular formula is C14H8Cl2IN3O3S. The number of nitrogens with zero attached hydrogens (tertiary/aromatic N) is 1. The van der Waals surface area contributed by atoms with Gasteiger partial charge in [-0.2, -0.15) is 0 Å². The van der Waals surface area contributed by atoms with Crippen molar-refractivity contribution in [1.29, 1.82) is 0 Å². The normalized spacial score (nSPS) is 10.1. The Labute approximate surface area is 165 Å². The van der Waals surface area contributed by atoms with Crippen LogP contribution in [0.3, 0.4) is 0 Å². The van der Waals surface area contributed by atoms with E-state index in [9.17, 15) is 14.9 Å². The van der Waals surface area contributed by atoms with Gasteiger partial charge in [0.25, 0.3) is 11.6 Å². The van der Waals surface area contributed by atoms with Crippen molar-refractivity contribution in [3.05, 3.63) is 65.7 Å². The number of nitrogens with one attached hydrogen (secondary N) is 2. The molecule has 2 aromatic rings. The molecule has 0 unspecified atom stereocenters. The molecule has 0 spiro atoms. The maximum Gasteiger partial charge on any atom is 0.271 e. The number of hydrogen-bond donors (Lipinski definition) is 2. The van der Waals surface area contributed by atoms with E-state index in [-0.39, 0.29) is 21.4 Å². The third-order valence-electron chi connectivity index (χ3n) is 2.81. The fourth-order valence-corrected chi connectivity index (χ4v) is 2.83. The second-order valence-electron chi connectivity index (χ2n) is 4.45. The van der Waals surface area contributed by atoms with Gasteiger partial charge in [0.2, 0.25) is 0 Å². The molecule has 0 aliphatic rings. The van der Waals surface area contributed by atoms with E-state index in [1.54, 1.807) is 18.2 Å². The molecule has 6 nitrogen and oxygen atoms in total. The first-order valence-corrected chi connectivity index (χ1v) is 8.53. The lowest BCUT2D eigenvalue weighted by molar-refractivity contribution is -0.384. The maximum atomic E-state index is 12.2. The Kier molecular flexibility index (Phi) is 6.33. The predicted octanol–water partition coefficient (Wildman–Crippen LogP) is 4.63. The van der Waals surface area contributed by atoms with Crippen LogP contribution in [0.15, 0.2) is 36.4 Å². The number of amides is 1. The number of carbonyl (C=O) groups excluding carboxylic acids is 1. The van der Waals surface area contributed by atoms with Crippen molar-refractivity contribution in [3.8, 4) is 0 Å². The summed E-state index contributed by atoms with van der Waals surface area (Å²) in [5.74, 6) is -0.478. The van der Waals surface area contributed by atoms with Crippen LogP contribution in [0.1, 0.15) is 10.4 Å². The zero-order chi connectivity index (χ0) is 17.9. The molecule has 0 radical (unpaired) electrons. The highest BCUT2D eigenvalue weighted by Crippen LogP contribution is 2.26. The SMILES string of the molecule is O=C(NC(=S)Nc1ccc([N+](=O)[O-])cc1Cl)c1cc(I)ccc1Cl. The molecule has 0 aromatic heterocycles. The van der Waals surface area contributed by atoms with Gasteiger partial charge in [-0.15, -0.1) is 0 Å². The summed E-state index contributed by atoms with van der Waals surface area (Å²) >= 11 is 19.1. The van der Waals surface area contributed by atoms with Crippen molar-refractivity contribution < 1.29 is 9.72 Å². The van der Waals surface area contributed by atoms with Gasteiger partial charge < -0.3 is 5.32 Å². The van der Waals surface area contributed by atoms with E-state index in [4.69, 9.17) is 35.4 Å². The molecule has 124 valence electrons. The molecule has 0 fully saturated rings. The lowest BCUT2D eigenvalue weighted by Crippen LogP contribution is -2.34. The minimum Gasteiger partial charge on any atom is -0.331 e. The van der Waals surface area contributed by atoms with Gasteiger partial charge >= 0.3 is 0 Å². The summed E-state index contributed by atoms with van der Waals surface area (Å²) in [4.78, 5) is 22.3. The average molecular weight is 496 g/mol. The van der Waals surface area contributed by atoms with Gasteiger partial charge in [-0.05, 0) is 59.1 Å². The second kappa shape index (κ2) is 8.06. The highest BCUT2D eigenvalue weighted by atomic mass is 127. The zero-order valence-electron chi connectivity index (χ0n) is 11.7. The lowest BCUT2D eigenvalue weighted by atomic mass is 10.2. The largest absolute Gasteiger partial charge is 0.331 e. The molecule has 0 atom stereocenters. The number of hydrogen-bond acceptors (Lipinski definition) is 4. The highest BCUT2D eigenvalue weighted by molar-refractivity contribution is 14.1. The van der Waals surface area contributed by atoms with Gasteiger partial charge in [-0.1, -0.05) is 23.2 Å². The third kappa shape index (κ3) is 4.76. The summed E-state index contributed by atoms with van der Waals surface area (Å²) in [6, 6.07) is 8.87. The average Bonchev–Trinajstić information content (AvgIpc) is 2.51. The van der Waals surface area contributed by atoms with Crippen LogP contribution in [0.2, 0.25) is 10.0 Å². The van der Waals surface area contributed by atoms with Crippen molar-refractivity contribution in [3.63, 3.8) is 0 Å². The topological polar surface area (TPSA) is 84.3 Å². The molecule has 0 saturated heterocycles. The first-order chi connectivity index (χ1) is 11.3. The number of anilines is 1. The summed E-state index contributed by atoms with van der Waals surface area (Å²) in [7, 11) is 0. The summed E-state index contributed by atoms with van der Waals surface area (Å²) in [5.41, 5.74) is 0.468. The van der Waals surface area contributed by atoms with Crippen LogP contribution in [-0.2, 0) is 0 Å². The van der Waals surface area contributed by atoms with Gasteiger partial charge in [-0.25, -0.2) is 0 Å². The first kappa shape index (κ1) is 18.8. The fourth-order valence-electron chi connectivity index (χ4n) is 1.71. The molecule has 0 aliphatic heterocycles. The van der Waals surface area contributed by atoms with Crippen LogP contribution in [0.5, 0.6) is 0 Å². The molecule has 2 aromatic carbocycles. The predicted molar refractivity (Wildman–Crippen MR) is 106 cm³/mol. The van der Waals surface area contributed by atoms with E-state index in [0.717, 1.165) is 3.57 Å². The van der Waals surface area contributed by atoms with Crippen LogP contribution in [0.25, 0.3) is 0 Å². The Hall–Kier alpha value is -1.49. The molecule has 0 aliphatic carbocycles. The third-order valence-corrected chi connectivity index (χ3v) is 4.33. The Bertz CT molecular complexity index is 848.